The molecule has 2 N–H and O–H groups in total. The lowest BCUT2D eigenvalue weighted by atomic mass is 9.97. The van der Waals surface area contributed by atoms with Gasteiger partial charge in [0.25, 0.3) is 0 Å². The summed E-state index contributed by atoms with van der Waals surface area (Å²) in [6.07, 6.45) is 3.13. The fourth-order valence-corrected chi connectivity index (χ4v) is 2.53. The van der Waals surface area contributed by atoms with Crippen molar-refractivity contribution >= 4 is 11.9 Å². The number of carboxylic acids is 1. The third-order valence-corrected chi connectivity index (χ3v) is 3.94. The first-order chi connectivity index (χ1) is 9.63. The predicted octanol–water partition coefficient (Wildman–Crippen LogP) is 1.02. The van der Waals surface area contributed by atoms with E-state index in [4.69, 9.17) is 5.11 Å². The van der Waals surface area contributed by atoms with E-state index < -0.39 is 5.97 Å². The minimum absolute atomic E-state index is 0.100. The highest BCUT2D eigenvalue weighted by Crippen LogP contribution is 2.21. The van der Waals surface area contributed by atoms with Gasteiger partial charge in [0.2, 0.25) is 5.91 Å². The molecule has 0 saturated heterocycles. The third-order valence-electron chi connectivity index (χ3n) is 3.94. The van der Waals surface area contributed by atoms with E-state index in [1.807, 2.05) is 11.0 Å². The summed E-state index contributed by atoms with van der Waals surface area (Å²) in [7, 11) is 0. The molecule has 1 fully saturated rings. The molecule has 0 spiro atoms. The first-order valence-corrected chi connectivity index (χ1v) is 7.00. The number of fused-ring (bicyclic) bond motifs is 1. The van der Waals surface area contributed by atoms with Crippen LogP contribution < -0.4 is 5.32 Å². The lowest BCUT2D eigenvalue weighted by Crippen LogP contribution is -2.41. The number of hydrogen-bond donors (Lipinski definition) is 2. The molecule has 1 amide bonds. The van der Waals surface area contributed by atoms with Gasteiger partial charge in [0.1, 0.15) is 0 Å². The molecule has 0 bridgehead atoms. The normalized spacial score (nSPS) is 17.7. The average Bonchev–Trinajstić information content (AvgIpc) is 3.27. The van der Waals surface area contributed by atoms with Crippen molar-refractivity contribution in [3.05, 3.63) is 34.9 Å². The molecule has 5 heteroatoms. The Morgan fingerprint density at radius 3 is 2.80 bits per heavy atom. The number of amides is 1. The third kappa shape index (κ3) is 2.82. The Bertz CT molecular complexity index is 552. The fraction of sp³-hybridized carbons (Fsp3) is 0.467. The van der Waals surface area contributed by atoms with Crippen LogP contribution in [-0.4, -0.2) is 41.0 Å². The molecule has 1 aromatic rings. The van der Waals surface area contributed by atoms with Gasteiger partial charge in [0.05, 0.1) is 12.1 Å². The van der Waals surface area contributed by atoms with Crippen molar-refractivity contribution in [3.63, 3.8) is 0 Å². The van der Waals surface area contributed by atoms with E-state index in [9.17, 15) is 9.59 Å². The first-order valence-electron chi connectivity index (χ1n) is 7.00. The van der Waals surface area contributed by atoms with Crippen LogP contribution in [0.2, 0.25) is 0 Å². The van der Waals surface area contributed by atoms with Crippen LogP contribution in [-0.2, 0) is 17.8 Å². The van der Waals surface area contributed by atoms with Crippen molar-refractivity contribution in [3.8, 4) is 0 Å². The maximum absolute atomic E-state index is 12.1. The van der Waals surface area contributed by atoms with E-state index >= 15 is 0 Å². The Hall–Kier alpha value is -1.88. The molecule has 0 atom stereocenters. The number of benzene rings is 1. The van der Waals surface area contributed by atoms with E-state index in [0.717, 1.165) is 30.4 Å². The van der Waals surface area contributed by atoms with Gasteiger partial charge in [-0.1, -0.05) is 6.07 Å². The Kier molecular flexibility index (Phi) is 3.44. The van der Waals surface area contributed by atoms with Crippen LogP contribution in [0.5, 0.6) is 0 Å². The molecule has 3 rings (SSSR count). The highest BCUT2D eigenvalue weighted by atomic mass is 16.4. The van der Waals surface area contributed by atoms with E-state index in [-0.39, 0.29) is 11.5 Å². The molecular weight excluding hydrogens is 256 g/mol. The molecule has 1 aromatic carbocycles. The molecule has 2 aliphatic rings. The van der Waals surface area contributed by atoms with Crippen LogP contribution in [0.25, 0.3) is 0 Å². The summed E-state index contributed by atoms with van der Waals surface area (Å²) in [6.45, 7) is 1.62. The SMILES string of the molecule is O=C(O)c1ccc2c(c1)CN(C(=O)CNC1CC1)CC2. The summed E-state index contributed by atoms with van der Waals surface area (Å²) in [4.78, 5) is 24.9. The molecule has 1 heterocycles. The first kappa shape index (κ1) is 13.1. The number of nitrogens with one attached hydrogen (secondary N) is 1. The van der Waals surface area contributed by atoms with Gasteiger partial charge in [0.15, 0.2) is 0 Å². The van der Waals surface area contributed by atoms with Crippen LogP contribution in [0.3, 0.4) is 0 Å². The topological polar surface area (TPSA) is 69.6 Å². The molecule has 1 saturated carbocycles. The lowest BCUT2D eigenvalue weighted by molar-refractivity contribution is -0.131. The molecule has 1 aliphatic carbocycles. The van der Waals surface area contributed by atoms with E-state index in [0.29, 0.717) is 25.7 Å². The number of hydrogen-bond acceptors (Lipinski definition) is 3. The van der Waals surface area contributed by atoms with Gasteiger partial charge < -0.3 is 15.3 Å². The Labute approximate surface area is 117 Å². The van der Waals surface area contributed by atoms with Gasteiger partial charge in [-0.2, -0.15) is 0 Å². The van der Waals surface area contributed by atoms with Crippen molar-refractivity contribution < 1.29 is 14.7 Å². The van der Waals surface area contributed by atoms with Gasteiger partial charge >= 0.3 is 5.97 Å². The van der Waals surface area contributed by atoms with Gasteiger partial charge in [-0.05, 0) is 42.5 Å². The number of carbonyl (C=O) groups is 2. The molecular formula is C15H18N2O3. The molecule has 1 aliphatic heterocycles. The second-order valence-electron chi connectivity index (χ2n) is 5.51. The molecule has 0 radical (unpaired) electrons. The number of carbonyl (C=O) groups excluding carboxylic acids is 1. The largest absolute Gasteiger partial charge is 0.478 e. The minimum Gasteiger partial charge on any atom is -0.478 e. The summed E-state index contributed by atoms with van der Waals surface area (Å²) in [5.74, 6) is -0.824. The summed E-state index contributed by atoms with van der Waals surface area (Å²) < 4.78 is 0. The highest BCUT2D eigenvalue weighted by Gasteiger charge is 2.25. The van der Waals surface area contributed by atoms with Crippen molar-refractivity contribution in [1.29, 1.82) is 0 Å². The quantitative estimate of drug-likeness (QED) is 0.860. The zero-order valence-corrected chi connectivity index (χ0v) is 11.3. The smallest absolute Gasteiger partial charge is 0.335 e. The molecule has 106 valence electrons. The van der Waals surface area contributed by atoms with Crippen LogP contribution >= 0.6 is 0 Å². The molecule has 0 aromatic heterocycles. The zero-order valence-electron chi connectivity index (χ0n) is 11.3. The fourth-order valence-electron chi connectivity index (χ4n) is 2.53. The van der Waals surface area contributed by atoms with Crippen molar-refractivity contribution in [1.82, 2.24) is 10.2 Å². The summed E-state index contributed by atoms with van der Waals surface area (Å²) >= 11 is 0. The van der Waals surface area contributed by atoms with Crippen LogP contribution in [0.4, 0.5) is 0 Å². The Balaban J connectivity index is 1.67. The van der Waals surface area contributed by atoms with Crippen molar-refractivity contribution in [2.45, 2.75) is 31.8 Å². The minimum atomic E-state index is -0.924. The van der Waals surface area contributed by atoms with Gasteiger partial charge in [-0.25, -0.2) is 4.79 Å². The zero-order chi connectivity index (χ0) is 14.1. The number of carboxylic acid groups (broad SMARTS) is 1. The van der Waals surface area contributed by atoms with E-state index in [2.05, 4.69) is 5.32 Å². The van der Waals surface area contributed by atoms with E-state index in [1.54, 1.807) is 12.1 Å². The summed E-state index contributed by atoms with van der Waals surface area (Å²) in [5.41, 5.74) is 2.39. The second-order valence-corrected chi connectivity index (χ2v) is 5.51. The summed E-state index contributed by atoms with van der Waals surface area (Å²) in [6, 6.07) is 5.71. The van der Waals surface area contributed by atoms with Crippen molar-refractivity contribution in [2.75, 3.05) is 13.1 Å². The van der Waals surface area contributed by atoms with Crippen molar-refractivity contribution in [2.24, 2.45) is 0 Å². The second kappa shape index (κ2) is 5.25. The number of nitrogens with zero attached hydrogens (tertiary/aromatic N) is 1. The monoisotopic (exact) mass is 274 g/mol. The summed E-state index contributed by atoms with van der Waals surface area (Å²) in [5, 5.41) is 12.2. The Morgan fingerprint density at radius 2 is 2.10 bits per heavy atom. The predicted molar refractivity (Wildman–Crippen MR) is 73.5 cm³/mol. The van der Waals surface area contributed by atoms with Gasteiger partial charge in [-0.3, -0.25) is 4.79 Å². The number of rotatable bonds is 4. The Morgan fingerprint density at radius 1 is 1.30 bits per heavy atom. The highest BCUT2D eigenvalue weighted by molar-refractivity contribution is 5.88. The van der Waals surface area contributed by atoms with Crippen LogP contribution in [0, 0.1) is 0 Å². The van der Waals surface area contributed by atoms with Crippen LogP contribution in [0.15, 0.2) is 18.2 Å². The van der Waals surface area contributed by atoms with Gasteiger partial charge in [-0.15, -0.1) is 0 Å². The maximum Gasteiger partial charge on any atom is 0.335 e. The van der Waals surface area contributed by atoms with Gasteiger partial charge in [0, 0.05) is 19.1 Å². The molecule has 5 nitrogen and oxygen atoms in total. The maximum atomic E-state index is 12.1. The average molecular weight is 274 g/mol. The lowest BCUT2D eigenvalue weighted by Gasteiger charge is -2.29. The standard InChI is InChI=1S/C15H18N2O3/c18-14(8-16-13-3-4-13)17-6-5-10-1-2-11(15(19)20)7-12(10)9-17/h1-2,7,13,16H,3-6,8-9H2,(H,19,20). The van der Waals surface area contributed by atoms with Crippen LogP contribution in [0.1, 0.15) is 34.3 Å². The van der Waals surface area contributed by atoms with E-state index in [1.165, 1.54) is 0 Å². The molecule has 0 unspecified atom stereocenters. The molecule has 20 heavy (non-hydrogen) atoms. The number of aromatic carboxylic acids is 1.